The number of hydrogen-bond donors (Lipinski definition) is 3. The molecule has 0 bridgehead atoms. The van der Waals surface area contributed by atoms with E-state index >= 15 is 0 Å². The van der Waals surface area contributed by atoms with Crippen LogP contribution >= 0.6 is 12.4 Å². The van der Waals surface area contributed by atoms with Crippen molar-refractivity contribution >= 4 is 24.3 Å². The lowest BCUT2D eigenvalue weighted by Crippen LogP contribution is -2.43. The smallest absolute Gasteiger partial charge is 0.312 e. The number of rotatable bonds is 6. The molecular formula is C17H27ClN4O2. The molecule has 3 amide bonds. The van der Waals surface area contributed by atoms with Gasteiger partial charge in [0.25, 0.3) is 0 Å². The first-order valence-electron chi connectivity index (χ1n) is 8.08. The molecule has 2 unspecified atom stereocenters. The van der Waals surface area contributed by atoms with Gasteiger partial charge in [-0.05, 0) is 37.9 Å². The zero-order valence-corrected chi connectivity index (χ0v) is 15.1. The highest BCUT2D eigenvalue weighted by atomic mass is 35.5. The Morgan fingerprint density at radius 1 is 1.38 bits per heavy atom. The van der Waals surface area contributed by atoms with Gasteiger partial charge in [-0.3, -0.25) is 4.79 Å². The number of halogens is 1. The van der Waals surface area contributed by atoms with Crippen molar-refractivity contribution in [3.8, 4) is 0 Å². The predicted molar refractivity (Wildman–Crippen MR) is 97.2 cm³/mol. The van der Waals surface area contributed by atoms with Crippen LogP contribution in [0.2, 0.25) is 0 Å². The third-order valence-electron chi connectivity index (χ3n) is 4.40. The molecule has 2 atom stereocenters. The molecule has 7 heteroatoms. The van der Waals surface area contributed by atoms with Crippen LogP contribution < -0.4 is 16.4 Å². The Morgan fingerprint density at radius 3 is 2.71 bits per heavy atom. The Morgan fingerprint density at radius 2 is 2.08 bits per heavy atom. The number of benzene rings is 1. The van der Waals surface area contributed by atoms with Gasteiger partial charge < -0.3 is 21.3 Å². The molecule has 1 aliphatic rings. The minimum Gasteiger partial charge on any atom is -0.352 e. The maximum absolute atomic E-state index is 12.7. The normalized spacial score (nSPS) is 17.9. The molecule has 0 aromatic heterocycles. The first-order chi connectivity index (χ1) is 11.0. The fourth-order valence-corrected chi connectivity index (χ4v) is 3.29. The van der Waals surface area contributed by atoms with E-state index in [0.29, 0.717) is 0 Å². The highest BCUT2D eigenvalue weighted by Gasteiger charge is 2.30. The van der Waals surface area contributed by atoms with Crippen molar-refractivity contribution in [1.82, 2.24) is 15.5 Å². The molecule has 1 saturated heterocycles. The second kappa shape index (κ2) is 9.49. The van der Waals surface area contributed by atoms with Crippen molar-refractivity contribution in [2.45, 2.75) is 38.3 Å². The standard InChI is InChI=1S/C17H26N4O2.ClH/c1-12-6-3-4-8-14(12)15(20-17(18)23)10-16(22)21-9-5-7-13(21)11-19-2;/h3-4,6,8,13,15,19H,5,7,9-11H2,1-2H3,(H3,18,20,23);1H. The number of likely N-dealkylation sites (N-methyl/N-ethyl adjacent to an activating group) is 1. The Kier molecular flexibility index (Phi) is 8.01. The maximum atomic E-state index is 12.7. The minimum absolute atomic E-state index is 0. The SMILES string of the molecule is CNCC1CCCN1C(=O)CC(NC(N)=O)c1ccccc1C.Cl. The molecule has 0 spiro atoms. The summed E-state index contributed by atoms with van der Waals surface area (Å²) in [6.45, 7) is 3.54. The number of aryl methyl sites for hydroxylation is 1. The summed E-state index contributed by atoms with van der Waals surface area (Å²) in [5.74, 6) is 0.0600. The topological polar surface area (TPSA) is 87.5 Å². The van der Waals surface area contributed by atoms with E-state index in [2.05, 4.69) is 10.6 Å². The first kappa shape index (κ1) is 20.3. The number of carbonyl (C=O) groups is 2. The lowest BCUT2D eigenvalue weighted by atomic mass is 9.98. The van der Waals surface area contributed by atoms with E-state index in [9.17, 15) is 9.59 Å². The van der Waals surface area contributed by atoms with Crippen LogP contribution in [0.25, 0.3) is 0 Å². The Labute approximate surface area is 149 Å². The van der Waals surface area contributed by atoms with Gasteiger partial charge in [-0.1, -0.05) is 24.3 Å². The number of nitrogens with two attached hydrogens (primary N) is 1. The summed E-state index contributed by atoms with van der Waals surface area (Å²) in [4.78, 5) is 26.0. The molecule has 0 saturated carbocycles. The molecule has 6 nitrogen and oxygen atoms in total. The van der Waals surface area contributed by atoms with E-state index in [1.807, 2.05) is 43.1 Å². The van der Waals surface area contributed by atoms with Gasteiger partial charge in [-0.2, -0.15) is 0 Å². The third-order valence-corrected chi connectivity index (χ3v) is 4.40. The number of nitrogens with one attached hydrogen (secondary N) is 2. The van der Waals surface area contributed by atoms with E-state index in [-0.39, 0.29) is 30.8 Å². The number of likely N-dealkylation sites (tertiary alicyclic amines) is 1. The number of primary amides is 1. The van der Waals surface area contributed by atoms with Crippen molar-refractivity contribution in [1.29, 1.82) is 0 Å². The zero-order chi connectivity index (χ0) is 16.8. The molecule has 0 radical (unpaired) electrons. The minimum atomic E-state index is -0.612. The summed E-state index contributed by atoms with van der Waals surface area (Å²) in [5, 5.41) is 5.85. The molecule has 2 rings (SSSR count). The number of nitrogens with zero attached hydrogens (tertiary/aromatic N) is 1. The highest BCUT2D eigenvalue weighted by molar-refractivity contribution is 5.85. The monoisotopic (exact) mass is 354 g/mol. The Hall–Kier alpha value is -1.79. The van der Waals surface area contributed by atoms with Crippen molar-refractivity contribution < 1.29 is 9.59 Å². The van der Waals surface area contributed by atoms with Crippen molar-refractivity contribution in [3.05, 3.63) is 35.4 Å². The van der Waals surface area contributed by atoms with Crippen molar-refractivity contribution in [2.75, 3.05) is 20.1 Å². The second-order valence-corrected chi connectivity index (χ2v) is 6.06. The van der Waals surface area contributed by atoms with E-state index < -0.39 is 12.1 Å². The zero-order valence-electron chi connectivity index (χ0n) is 14.2. The van der Waals surface area contributed by atoms with Gasteiger partial charge in [0.05, 0.1) is 12.5 Å². The lowest BCUT2D eigenvalue weighted by Gasteiger charge is -2.27. The first-order valence-corrected chi connectivity index (χ1v) is 8.08. The fourth-order valence-electron chi connectivity index (χ4n) is 3.29. The summed E-state index contributed by atoms with van der Waals surface area (Å²) in [6, 6.07) is 6.97. The van der Waals surface area contributed by atoms with Crippen molar-refractivity contribution in [2.24, 2.45) is 5.73 Å². The van der Waals surface area contributed by atoms with E-state index in [1.165, 1.54) is 0 Å². The predicted octanol–water partition coefficient (Wildman–Crippen LogP) is 1.73. The van der Waals surface area contributed by atoms with Crippen LogP contribution in [0.1, 0.15) is 36.4 Å². The van der Waals surface area contributed by atoms with Gasteiger partial charge in [-0.15, -0.1) is 12.4 Å². The fraction of sp³-hybridized carbons (Fsp3) is 0.529. The quantitative estimate of drug-likeness (QED) is 0.727. The number of hydrogen-bond acceptors (Lipinski definition) is 3. The molecule has 4 N–H and O–H groups in total. The van der Waals surface area contributed by atoms with Gasteiger partial charge in [0.1, 0.15) is 0 Å². The average Bonchev–Trinajstić information content (AvgIpc) is 2.95. The summed E-state index contributed by atoms with van der Waals surface area (Å²) in [7, 11) is 1.89. The van der Waals surface area contributed by atoms with Gasteiger partial charge in [0, 0.05) is 19.1 Å². The van der Waals surface area contributed by atoms with Gasteiger partial charge in [0.15, 0.2) is 0 Å². The molecule has 1 heterocycles. The van der Waals surface area contributed by atoms with Crippen LogP contribution in [0, 0.1) is 6.92 Å². The number of urea groups is 1. The van der Waals surface area contributed by atoms with E-state index in [4.69, 9.17) is 5.73 Å². The molecule has 0 aliphatic carbocycles. The van der Waals surface area contributed by atoms with Crippen LogP contribution in [-0.2, 0) is 4.79 Å². The molecule has 1 aliphatic heterocycles. The van der Waals surface area contributed by atoms with Crippen LogP contribution in [0.3, 0.4) is 0 Å². The Balaban J connectivity index is 0.00000288. The van der Waals surface area contributed by atoms with Gasteiger partial charge in [-0.25, -0.2) is 4.79 Å². The molecule has 24 heavy (non-hydrogen) atoms. The van der Waals surface area contributed by atoms with Gasteiger partial charge >= 0.3 is 6.03 Å². The lowest BCUT2D eigenvalue weighted by molar-refractivity contribution is -0.132. The number of amides is 3. The van der Waals surface area contributed by atoms with Crippen molar-refractivity contribution in [3.63, 3.8) is 0 Å². The molecule has 134 valence electrons. The van der Waals surface area contributed by atoms with Gasteiger partial charge in [0.2, 0.25) is 5.91 Å². The highest BCUT2D eigenvalue weighted by Crippen LogP contribution is 2.24. The summed E-state index contributed by atoms with van der Waals surface area (Å²) >= 11 is 0. The summed E-state index contributed by atoms with van der Waals surface area (Å²) in [6.07, 6.45) is 2.27. The molecule has 1 aromatic rings. The van der Waals surface area contributed by atoms with E-state index in [0.717, 1.165) is 37.1 Å². The molecular weight excluding hydrogens is 328 g/mol. The summed E-state index contributed by atoms with van der Waals surface area (Å²) in [5.41, 5.74) is 7.27. The molecule has 1 fully saturated rings. The second-order valence-electron chi connectivity index (χ2n) is 6.06. The van der Waals surface area contributed by atoms with Crippen LogP contribution in [0.15, 0.2) is 24.3 Å². The maximum Gasteiger partial charge on any atom is 0.312 e. The summed E-state index contributed by atoms with van der Waals surface area (Å²) < 4.78 is 0. The number of carbonyl (C=O) groups excluding carboxylic acids is 2. The van der Waals surface area contributed by atoms with E-state index in [1.54, 1.807) is 0 Å². The van der Waals surface area contributed by atoms with Crippen LogP contribution in [-0.4, -0.2) is 43.0 Å². The Bertz CT molecular complexity index is 567. The third kappa shape index (κ3) is 5.11. The molecule has 1 aromatic carbocycles. The largest absolute Gasteiger partial charge is 0.352 e. The van der Waals surface area contributed by atoms with Crippen LogP contribution in [0.4, 0.5) is 4.79 Å². The average molecular weight is 355 g/mol. The van der Waals surface area contributed by atoms with Crippen LogP contribution in [0.5, 0.6) is 0 Å².